The molecule has 0 unspecified atom stereocenters. The van der Waals surface area contributed by atoms with E-state index in [9.17, 15) is 5.11 Å². The van der Waals surface area contributed by atoms with E-state index in [1.165, 1.54) is 16.8 Å². The molecular weight excluding hydrogens is 252 g/mol. The largest absolute Gasteiger partial charge is 0.395 e. The van der Waals surface area contributed by atoms with E-state index in [1.54, 1.807) is 7.11 Å². The van der Waals surface area contributed by atoms with Crippen molar-refractivity contribution < 1.29 is 9.84 Å². The van der Waals surface area contributed by atoms with Crippen LogP contribution in [0.25, 0.3) is 0 Å². The first-order chi connectivity index (χ1) is 9.72. The van der Waals surface area contributed by atoms with E-state index >= 15 is 0 Å². The van der Waals surface area contributed by atoms with Crippen molar-refractivity contribution in [1.29, 1.82) is 0 Å². The molecule has 4 nitrogen and oxygen atoms in total. The maximum absolute atomic E-state index is 9.24. The zero-order valence-electron chi connectivity index (χ0n) is 13.0. The first-order valence-electron chi connectivity index (χ1n) is 7.38. The van der Waals surface area contributed by atoms with Crippen molar-refractivity contribution in [1.82, 2.24) is 5.32 Å². The molecule has 0 heterocycles. The minimum absolute atomic E-state index is 0.185. The second-order valence-corrected chi connectivity index (χ2v) is 5.01. The van der Waals surface area contributed by atoms with Crippen molar-refractivity contribution in [3.8, 4) is 0 Å². The van der Waals surface area contributed by atoms with Crippen molar-refractivity contribution in [2.45, 2.75) is 26.8 Å². The highest BCUT2D eigenvalue weighted by atomic mass is 16.5. The third-order valence-corrected chi connectivity index (χ3v) is 3.24. The van der Waals surface area contributed by atoms with Crippen molar-refractivity contribution in [2.24, 2.45) is 0 Å². The molecule has 0 saturated carbocycles. The van der Waals surface area contributed by atoms with Crippen LogP contribution in [0.1, 0.15) is 24.5 Å². The van der Waals surface area contributed by atoms with Crippen LogP contribution in [0.3, 0.4) is 0 Å². The number of anilines is 1. The molecule has 0 spiro atoms. The van der Waals surface area contributed by atoms with Crippen LogP contribution in [0.4, 0.5) is 5.69 Å². The number of nitrogens with zero attached hydrogens (tertiary/aromatic N) is 1. The van der Waals surface area contributed by atoms with Crippen LogP contribution in [-0.2, 0) is 11.3 Å². The first-order valence-corrected chi connectivity index (χ1v) is 7.38. The lowest BCUT2D eigenvalue weighted by Crippen LogP contribution is -2.29. The van der Waals surface area contributed by atoms with Gasteiger partial charge in [-0.15, -0.1) is 0 Å². The number of nitrogens with one attached hydrogen (secondary N) is 1. The van der Waals surface area contributed by atoms with Gasteiger partial charge in [-0.2, -0.15) is 0 Å². The Balaban J connectivity index is 2.81. The quantitative estimate of drug-likeness (QED) is 0.643. The molecule has 20 heavy (non-hydrogen) atoms. The molecule has 0 fully saturated rings. The predicted octanol–water partition coefficient (Wildman–Crippen LogP) is 1.94. The molecule has 114 valence electrons. The number of aliphatic hydroxyl groups is 1. The van der Waals surface area contributed by atoms with Crippen molar-refractivity contribution in [3.63, 3.8) is 0 Å². The molecule has 0 atom stereocenters. The fourth-order valence-electron chi connectivity index (χ4n) is 2.31. The normalized spacial score (nSPS) is 10.8. The van der Waals surface area contributed by atoms with Crippen LogP contribution < -0.4 is 10.2 Å². The molecule has 0 amide bonds. The number of methoxy groups -OCH3 is 1. The van der Waals surface area contributed by atoms with E-state index in [-0.39, 0.29) is 6.61 Å². The Hall–Kier alpha value is -1.10. The molecule has 0 aliphatic heterocycles. The van der Waals surface area contributed by atoms with E-state index < -0.39 is 0 Å². The second kappa shape index (κ2) is 9.75. The molecule has 1 rings (SSSR count). The minimum atomic E-state index is 0.185. The Labute approximate surface area is 122 Å². The summed E-state index contributed by atoms with van der Waals surface area (Å²) in [5, 5.41) is 12.6. The molecule has 1 aromatic rings. The Morgan fingerprint density at radius 3 is 2.75 bits per heavy atom. The van der Waals surface area contributed by atoms with Gasteiger partial charge in [0, 0.05) is 39.0 Å². The molecule has 4 heteroatoms. The molecule has 0 saturated heterocycles. The Bertz CT molecular complexity index is 377. The second-order valence-electron chi connectivity index (χ2n) is 5.01. The van der Waals surface area contributed by atoms with Gasteiger partial charge in [-0.3, -0.25) is 0 Å². The van der Waals surface area contributed by atoms with Crippen molar-refractivity contribution >= 4 is 5.69 Å². The standard InChI is InChI=1S/C16H28N2O2/c1-4-8-18(9-10-19)16-6-5-14(2)12-15(16)13-17-7-11-20-3/h5-6,12,17,19H,4,7-11,13H2,1-3H3. The minimum Gasteiger partial charge on any atom is -0.395 e. The van der Waals surface area contributed by atoms with Gasteiger partial charge in [-0.25, -0.2) is 0 Å². The average Bonchev–Trinajstić information content (AvgIpc) is 2.44. The van der Waals surface area contributed by atoms with Crippen LogP contribution in [0.2, 0.25) is 0 Å². The monoisotopic (exact) mass is 280 g/mol. The van der Waals surface area contributed by atoms with Gasteiger partial charge in [0.1, 0.15) is 0 Å². The lowest BCUT2D eigenvalue weighted by atomic mass is 10.1. The highest BCUT2D eigenvalue weighted by Crippen LogP contribution is 2.22. The van der Waals surface area contributed by atoms with Gasteiger partial charge < -0.3 is 20.1 Å². The third-order valence-electron chi connectivity index (χ3n) is 3.24. The Kier molecular flexibility index (Phi) is 8.26. The maximum Gasteiger partial charge on any atom is 0.0606 e. The summed E-state index contributed by atoms with van der Waals surface area (Å²) in [7, 11) is 1.71. The summed E-state index contributed by atoms with van der Waals surface area (Å²) in [4.78, 5) is 2.26. The highest BCUT2D eigenvalue weighted by molar-refractivity contribution is 5.55. The number of hydrogen-bond acceptors (Lipinski definition) is 4. The molecule has 0 aliphatic rings. The lowest BCUT2D eigenvalue weighted by Gasteiger charge is -2.26. The Morgan fingerprint density at radius 2 is 2.10 bits per heavy atom. The first kappa shape index (κ1) is 17.0. The number of benzene rings is 1. The number of aryl methyl sites for hydroxylation is 1. The number of ether oxygens (including phenoxy) is 1. The summed E-state index contributed by atoms with van der Waals surface area (Å²) in [6.45, 7) is 8.49. The molecule has 1 aromatic carbocycles. The fraction of sp³-hybridized carbons (Fsp3) is 0.625. The number of rotatable bonds is 10. The zero-order valence-corrected chi connectivity index (χ0v) is 13.0. The fourth-order valence-corrected chi connectivity index (χ4v) is 2.31. The van der Waals surface area contributed by atoms with Crippen LogP contribution in [0, 0.1) is 6.92 Å². The molecule has 0 aromatic heterocycles. The predicted molar refractivity (Wildman–Crippen MR) is 84.4 cm³/mol. The summed E-state index contributed by atoms with van der Waals surface area (Å²) in [5.41, 5.74) is 3.76. The molecule has 0 bridgehead atoms. The zero-order chi connectivity index (χ0) is 14.8. The van der Waals surface area contributed by atoms with Crippen LogP contribution in [0.15, 0.2) is 18.2 Å². The van der Waals surface area contributed by atoms with Crippen LogP contribution in [0.5, 0.6) is 0 Å². The van der Waals surface area contributed by atoms with Crippen LogP contribution in [-0.4, -0.2) is 45.1 Å². The topological polar surface area (TPSA) is 44.7 Å². The van der Waals surface area contributed by atoms with Crippen molar-refractivity contribution in [2.75, 3.05) is 44.9 Å². The van der Waals surface area contributed by atoms with Gasteiger partial charge in [0.2, 0.25) is 0 Å². The summed E-state index contributed by atoms with van der Waals surface area (Å²) in [6.07, 6.45) is 1.07. The van der Waals surface area contributed by atoms with Crippen molar-refractivity contribution in [3.05, 3.63) is 29.3 Å². The van der Waals surface area contributed by atoms with Gasteiger partial charge in [0.25, 0.3) is 0 Å². The van der Waals surface area contributed by atoms with E-state index in [4.69, 9.17) is 4.74 Å². The van der Waals surface area contributed by atoms with E-state index in [0.717, 1.165) is 32.7 Å². The van der Waals surface area contributed by atoms with Gasteiger partial charge in [0.05, 0.1) is 13.2 Å². The summed E-state index contributed by atoms with van der Waals surface area (Å²) in [6, 6.07) is 6.51. The van der Waals surface area contributed by atoms with Gasteiger partial charge >= 0.3 is 0 Å². The van der Waals surface area contributed by atoms with E-state index in [1.807, 2.05) is 0 Å². The third kappa shape index (κ3) is 5.49. The molecular formula is C16H28N2O2. The van der Waals surface area contributed by atoms with Gasteiger partial charge in [0.15, 0.2) is 0 Å². The number of aliphatic hydroxyl groups excluding tert-OH is 1. The molecule has 0 aliphatic carbocycles. The summed E-state index contributed by atoms with van der Waals surface area (Å²) >= 11 is 0. The van der Waals surface area contributed by atoms with E-state index in [0.29, 0.717) is 6.54 Å². The smallest absolute Gasteiger partial charge is 0.0606 e. The lowest BCUT2D eigenvalue weighted by molar-refractivity contribution is 0.199. The number of hydrogen-bond donors (Lipinski definition) is 2. The van der Waals surface area contributed by atoms with Gasteiger partial charge in [-0.1, -0.05) is 24.6 Å². The van der Waals surface area contributed by atoms with E-state index in [2.05, 4.69) is 42.3 Å². The highest BCUT2D eigenvalue weighted by Gasteiger charge is 2.10. The molecule has 0 radical (unpaired) electrons. The molecule has 2 N–H and O–H groups in total. The maximum atomic E-state index is 9.24. The summed E-state index contributed by atoms with van der Waals surface area (Å²) < 4.78 is 5.05. The SMILES string of the molecule is CCCN(CCO)c1ccc(C)cc1CNCCOC. The Morgan fingerprint density at radius 1 is 1.30 bits per heavy atom. The summed E-state index contributed by atoms with van der Waals surface area (Å²) in [5.74, 6) is 0. The van der Waals surface area contributed by atoms with Crippen LogP contribution >= 0.6 is 0 Å². The average molecular weight is 280 g/mol. The van der Waals surface area contributed by atoms with Gasteiger partial charge in [-0.05, 0) is 25.0 Å².